The molecular weight excluding hydrogens is 294 g/mol. The zero-order valence-electron chi connectivity index (χ0n) is 10.5. The quantitative estimate of drug-likeness (QED) is 0.851. The van der Waals surface area contributed by atoms with Crippen LogP contribution in [0, 0.1) is 11.3 Å². The predicted octanol–water partition coefficient (Wildman–Crippen LogP) is 2.62. The highest BCUT2D eigenvalue weighted by atomic mass is 79.9. The molecule has 0 heterocycles. The van der Waals surface area contributed by atoms with Crippen LogP contribution in [-0.2, 0) is 4.79 Å². The van der Waals surface area contributed by atoms with E-state index in [1.807, 2.05) is 43.0 Å². The number of hydrogen-bond acceptors (Lipinski definition) is 3. The molecule has 0 spiro atoms. The standard InChI is InChI=1S/C13H16BrN3O/c1-10(2)17(8-7-15)9-13(18)16-12-5-3-11(14)4-6-12/h3-6,10H,8-9H2,1-2H3,(H,16,18). The van der Waals surface area contributed by atoms with Crippen molar-refractivity contribution in [2.45, 2.75) is 19.9 Å². The summed E-state index contributed by atoms with van der Waals surface area (Å²) >= 11 is 3.33. The fraction of sp³-hybridized carbons (Fsp3) is 0.385. The molecule has 0 saturated carbocycles. The van der Waals surface area contributed by atoms with E-state index in [2.05, 4.69) is 27.3 Å². The number of halogens is 1. The minimum atomic E-state index is -0.110. The Hall–Kier alpha value is -1.38. The van der Waals surface area contributed by atoms with Gasteiger partial charge in [-0.25, -0.2) is 0 Å². The summed E-state index contributed by atoms with van der Waals surface area (Å²) in [6, 6.07) is 9.62. The molecule has 5 heteroatoms. The van der Waals surface area contributed by atoms with E-state index in [0.29, 0.717) is 0 Å². The van der Waals surface area contributed by atoms with E-state index in [1.165, 1.54) is 0 Å². The Morgan fingerprint density at radius 3 is 2.56 bits per heavy atom. The topological polar surface area (TPSA) is 56.1 Å². The SMILES string of the molecule is CC(C)N(CC#N)CC(=O)Nc1ccc(Br)cc1. The molecule has 1 amide bonds. The van der Waals surface area contributed by atoms with Crippen molar-refractivity contribution in [1.82, 2.24) is 4.90 Å². The first kappa shape index (κ1) is 14.7. The van der Waals surface area contributed by atoms with E-state index >= 15 is 0 Å². The van der Waals surface area contributed by atoms with Gasteiger partial charge in [0.2, 0.25) is 5.91 Å². The minimum Gasteiger partial charge on any atom is -0.325 e. The Balaban J connectivity index is 2.55. The summed E-state index contributed by atoms with van der Waals surface area (Å²) in [5.74, 6) is -0.110. The first-order chi connectivity index (χ1) is 8.52. The molecule has 1 N–H and O–H groups in total. The largest absolute Gasteiger partial charge is 0.325 e. The molecule has 0 radical (unpaired) electrons. The van der Waals surface area contributed by atoms with Crippen molar-refractivity contribution in [3.05, 3.63) is 28.7 Å². The van der Waals surface area contributed by atoms with Gasteiger partial charge in [-0.15, -0.1) is 0 Å². The third kappa shape index (κ3) is 4.86. The highest BCUT2D eigenvalue weighted by molar-refractivity contribution is 9.10. The van der Waals surface area contributed by atoms with Crippen LogP contribution in [0.5, 0.6) is 0 Å². The van der Waals surface area contributed by atoms with Crippen LogP contribution in [0.25, 0.3) is 0 Å². The van der Waals surface area contributed by atoms with Crippen molar-refractivity contribution in [2.75, 3.05) is 18.4 Å². The van der Waals surface area contributed by atoms with Crippen molar-refractivity contribution in [3.63, 3.8) is 0 Å². The molecule has 1 aromatic carbocycles. The Kier molecular flexibility index (Phi) is 5.83. The van der Waals surface area contributed by atoms with Crippen molar-refractivity contribution < 1.29 is 4.79 Å². The van der Waals surface area contributed by atoms with E-state index < -0.39 is 0 Å². The minimum absolute atomic E-state index is 0.110. The first-order valence-corrected chi connectivity index (χ1v) is 6.48. The zero-order chi connectivity index (χ0) is 13.5. The maximum atomic E-state index is 11.8. The van der Waals surface area contributed by atoms with Gasteiger partial charge in [0.1, 0.15) is 0 Å². The maximum Gasteiger partial charge on any atom is 0.238 e. The van der Waals surface area contributed by atoms with Gasteiger partial charge in [-0.3, -0.25) is 9.69 Å². The second-order valence-electron chi connectivity index (χ2n) is 4.21. The lowest BCUT2D eigenvalue weighted by molar-refractivity contribution is -0.117. The van der Waals surface area contributed by atoms with Gasteiger partial charge in [-0.05, 0) is 38.1 Å². The number of carbonyl (C=O) groups is 1. The first-order valence-electron chi connectivity index (χ1n) is 5.69. The number of amides is 1. The van der Waals surface area contributed by atoms with Crippen molar-refractivity contribution in [2.24, 2.45) is 0 Å². The summed E-state index contributed by atoms with van der Waals surface area (Å²) in [6.07, 6.45) is 0. The summed E-state index contributed by atoms with van der Waals surface area (Å²) < 4.78 is 0.966. The molecule has 0 aliphatic rings. The van der Waals surface area contributed by atoms with E-state index in [0.717, 1.165) is 10.2 Å². The van der Waals surface area contributed by atoms with Gasteiger partial charge in [0.25, 0.3) is 0 Å². The Morgan fingerprint density at radius 1 is 1.44 bits per heavy atom. The second-order valence-corrected chi connectivity index (χ2v) is 5.13. The van der Waals surface area contributed by atoms with E-state index in [9.17, 15) is 4.79 Å². The van der Waals surface area contributed by atoms with Crippen LogP contribution in [0.15, 0.2) is 28.7 Å². The van der Waals surface area contributed by atoms with Crippen LogP contribution in [0.1, 0.15) is 13.8 Å². The number of hydrogen-bond donors (Lipinski definition) is 1. The molecule has 1 aromatic rings. The summed E-state index contributed by atoms with van der Waals surface area (Å²) in [4.78, 5) is 13.6. The molecule has 0 aromatic heterocycles. The number of nitrogens with zero attached hydrogens (tertiary/aromatic N) is 2. The fourth-order valence-corrected chi connectivity index (χ4v) is 1.69. The molecule has 18 heavy (non-hydrogen) atoms. The van der Waals surface area contributed by atoms with Crippen LogP contribution >= 0.6 is 15.9 Å². The normalized spacial score (nSPS) is 10.4. The second kappa shape index (κ2) is 7.14. The molecule has 0 aliphatic carbocycles. The summed E-state index contributed by atoms with van der Waals surface area (Å²) in [5, 5.41) is 11.5. The van der Waals surface area contributed by atoms with Gasteiger partial charge in [0.05, 0.1) is 19.2 Å². The van der Waals surface area contributed by atoms with Crippen LogP contribution in [0.3, 0.4) is 0 Å². The lowest BCUT2D eigenvalue weighted by Crippen LogP contribution is -2.38. The lowest BCUT2D eigenvalue weighted by atomic mass is 10.3. The van der Waals surface area contributed by atoms with Crippen molar-refractivity contribution in [3.8, 4) is 6.07 Å². The van der Waals surface area contributed by atoms with Gasteiger partial charge in [0, 0.05) is 16.2 Å². The van der Waals surface area contributed by atoms with Crippen molar-refractivity contribution >= 4 is 27.5 Å². The average molecular weight is 310 g/mol. The van der Waals surface area contributed by atoms with Crippen LogP contribution in [-0.4, -0.2) is 29.9 Å². The molecule has 0 saturated heterocycles. The Bertz CT molecular complexity index is 437. The molecule has 1 rings (SSSR count). The van der Waals surface area contributed by atoms with E-state index in [1.54, 1.807) is 0 Å². The van der Waals surface area contributed by atoms with Gasteiger partial charge < -0.3 is 5.32 Å². The smallest absolute Gasteiger partial charge is 0.238 e. The number of anilines is 1. The highest BCUT2D eigenvalue weighted by Crippen LogP contribution is 2.14. The molecular formula is C13H16BrN3O. The number of nitriles is 1. The molecule has 0 aliphatic heterocycles. The molecule has 0 bridgehead atoms. The highest BCUT2D eigenvalue weighted by Gasteiger charge is 2.13. The maximum absolute atomic E-state index is 11.8. The zero-order valence-corrected chi connectivity index (χ0v) is 12.1. The van der Waals surface area contributed by atoms with E-state index in [-0.39, 0.29) is 25.0 Å². The van der Waals surface area contributed by atoms with Gasteiger partial charge in [-0.1, -0.05) is 15.9 Å². The molecule has 0 unspecified atom stereocenters. The third-order valence-electron chi connectivity index (χ3n) is 2.48. The van der Waals surface area contributed by atoms with Crippen LogP contribution < -0.4 is 5.32 Å². The molecule has 0 atom stereocenters. The van der Waals surface area contributed by atoms with Gasteiger partial charge in [-0.2, -0.15) is 5.26 Å². The number of nitrogens with one attached hydrogen (secondary N) is 1. The van der Waals surface area contributed by atoms with Crippen LogP contribution in [0.2, 0.25) is 0 Å². The van der Waals surface area contributed by atoms with Crippen molar-refractivity contribution in [1.29, 1.82) is 5.26 Å². The number of rotatable bonds is 5. The van der Waals surface area contributed by atoms with E-state index in [4.69, 9.17) is 5.26 Å². The van der Waals surface area contributed by atoms with Gasteiger partial charge >= 0.3 is 0 Å². The van der Waals surface area contributed by atoms with Gasteiger partial charge in [0.15, 0.2) is 0 Å². The summed E-state index contributed by atoms with van der Waals surface area (Å²) in [7, 11) is 0. The molecule has 4 nitrogen and oxygen atoms in total. The number of carbonyl (C=O) groups excluding carboxylic acids is 1. The Labute approximate surface area is 116 Å². The fourth-order valence-electron chi connectivity index (χ4n) is 1.43. The molecule has 96 valence electrons. The Morgan fingerprint density at radius 2 is 2.06 bits per heavy atom. The monoisotopic (exact) mass is 309 g/mol. The lowest BCUT2D eigenvalue weighted by Gasteiger charge is -2.22. The average Bonchev–Trinajstić information content (AvgIpc) is 2.31. The molecule has 0 fully saturated rings. The predicted molar refractivity (Wildman–Crippen MR) is 75.1 cm³/mol. The summed E-state index contributed by atoms with van der Waals surface area (Å²) in [6.45, 7) is 4.40. The number of benzene rings is 1. The van der Waals surface area contributed by atoms with Crippen LogP contribution in [0.4, 0.5) is 5.69 Å². The summed E-state index contributed by atoms with van der Waals surface area (Å²) in [5.41, 5.74) is 0.754. The third-order valence-corrected chi connectivity index (χ3v) is 3.01.